The number of rotatable bonds is 4. The van der Waals surface area contributed by atoms with Crippen molar-refractivity contribution >= 4 is 27.8 Å². The predicted molar refractivity (Wildman–Crippen MR) is 146 cm³/mol. The summed E-state index contributed by atoms with van der Waals surface area (Å²) in [5.41, 5.74) is 9.01. The van der Waals surface area contributed by atoms with E-state index in [1.54, 1.807) is 9.58 Å². The smallest absolute Gasteiger partial charge is 0.254 e. The largest absolute Gasteiger partial charge is 0.381 e. The van der Waals surface area contributed by atoms with Gasteiger partial charge in [0.1, 0.15) is 0 Å². The van der Waals surface area contributed by atoms with Crippen LogP contribution in [0.3, 0.4) is 0 Å². The predicted octanol–water partition coefficient (Wildman–Crippen LogP) is 4.90. The molecular weight excluding hydrogens is 476 g/mol. The van der Waals surface area contributed by atoms with Gasteiger partial charge in [-0.2, -0.15) is 0 Å². The molecule has 0 spiro atoms. The lowest BCUT2D eigenvalue weighted by Crippen LogP contribution is -2.27. The van der Waals surface area contributed by atoms with E-state index in [1.807, 2.05) is 27.2 Å². The number of fused-ring (bicyclic) bond motifs is 4. The fourth-order valence-corrected chi connectivity index (χ4v) is 6.46. The Labute approximate surface area is 220 Å². The second-order valence-electron chi connectivity index (χ2n) is 10.6. The second-order valence-corrected chi connectivity index (χ2v) is 10.6. The Morgan fingerprint density at radius 2 is 1.82 bits per heavy atom. The molecule has 0 N–H and O–H groups in total. The van der Waals surface area contributed by atoms with Crippen molar-refractivity contribution in [3.05, 3.63) is 77.1 Å². The van der Waals surface area contributed by atoms with Crippen molar-refractivity contribution in [3.8, 4) is 11.3 Å². The molecule has 1 fully saturated rings. The highest BCUT2D eigenvalue weighted by atomic mass is 16.5. The standard InChI is InChI=1S/C30H30N6O2/c1-18-28(35(3)33-32-18)21-13-26-27(31-16-21)24-15-23-22(17-34(2)30(23)37)14-25(24)36(26)29(19-7-5-4-6-8-19)20-9-11-38-12-10-20/h4-8,13-16,20,29H,9-12,17H2,1-3H3/t29-/m1/s1. The van der Waals surface area contributed by atoms with Crippen molar-refractivity contribution in [3.63, 3.8) is 0 Å². The van der Waals surface area contributed by atoms with Crippen LogP contribution in [0.1, 0.15) is 46.1 Å². The van der Waals surface area contributed by atoms with Crippen LogP contribution >= 0.6 is 0 Å². The fourth-order valence-electron chi connectivity index (χ4n) is 6.46. The van der Waals surface area contributed by atoms with E-state index in [1.165, 1.54) is 5.56 Å². The lowest BCUT2D eigenvalue weighted by Gasteiger charge is -2.33. The van der Waals surface area contributed by atoms with E-state index in [9.17, 15) is 4.79 Å². The molecule has 7 rings (SSSR count). The van der Waals surface area contributed by atoms with Gasteiger partial charge < -0.3 is 14.2 Å². The Morgan fingerprint density at radius 3 is 2.55 bits per heavy atom. The molecule has 0 bridgehead atoms. The SMILES string of the molecule is Cc1nnn(C)c1-c1cnc2c3cc4c(cc3n([C@H](c3ccccc3)C3CCOCC3)c2c1)CN(C)C4=O. The summed E-state index contributed by atoms with van der Waals surface area (Å²) in [7, 11) is 3.78. The minimum atomic E-state index is 0.0695. The highest BCUT2D eigenvalue weighted by molar-refractivity contribution is 6.11. The molecule has 0 saturated carbocycles. The van der Waals surface area contributed by atoms with Gasteiger partial charge in [-0.05, 0) is 55.0 Å². The molecule has 192 valence electrons. The number of aryl methyl sites for hydroxylation is 2. The zero-order valence-corrected chi connectivity index (χ0v) is 21.9. The van der Waals surface area contributed by atoms with Gasteiger partial charge in [0.2, 0.25) is 0 Å². The second kappa shape index (κ2) is 8.77. The van der Waals surface area contributed by atoms with E-state index >= 15 is 0 Å². The van der Waals surface area contributed by atoms with Crippen molar-refractivity contribution < 1.29 is 9.53 Å². The summed E-state index contributed by atoms with van der Waals surface area (Å²) >= 11 is 0. The van der Waals surface area contributed by atoms with Crippen LogP contribution in [0.2, 0.25) is 0 Å². The lowest BCUT2D eigenvalue weighted by atomic mass is 9.86. The number of amides is 1. The first-order valence-electron chi connectivity index (χ1n) is 13.2. The number of aromatic nitrogens is 5. The first-order chi connectivity index (χ1) is 18.5. The van der Waals surface area contributed by atoms with Crippen molar-refractivity contribution in [2.75, 3.05) is 20.3 Å². The fraction of sp³-hybridized carbons (Fsp3) is 0.333. The van der Waals surface area contributed by atoms with E-state index < -0.39 is 0 Å². The highest BCUT2D eigenvalue weighted by Gasteiger charge is 2.32. The molecular formula is C30H30N6O2. The molecule has 2 aromatic carbocycles. The number of hydrogen-bond acceptors (Lipinski definition) is 5. The average Bonchev–Trinajstić information content (AvgIpc) is 3.54. The van der Waals surface area contributed by atoms with Gasteiger partial charge in [-0.3, -0.25) is 9.78 Å². The van der Waals surface area contributed by atoms with Gasteiger partial charge in [0.25, 0.3) is 5.91 Å². The summed E-state index contributed by atoms with van der Waals surface area (Å²) in [4.78, 5) is 19.7. The molecule has 1 amide bonds. The summed E-state index contributed by atoms with van der Waals surface area (Å²) in [5.74, 6) is 0.478. The maximum Gasteiger partial charge on any atom is 0.254 e. The topological polar surface area (TPSA) is 78.1 Å². The first-order valence-corrected chi connectivity index (χ1v) is 13.2. The number of carbonyl (C=O) groups is 1. The third-order valence-electron chi connectivity index (χ3n) is 8.25. The van der Waals surface area contributed by atoms with Crippen molar-refractivity contribution in [1.29, 1.82) is 0 Å². The van der Waals surface area contributed by atoms with Crippen LogP contribution in [-0.4, -0.2) is 55.6 Å². The number of pyridine rings is 1. The van der Waals surface area contributed by atoms with E-state index in [2.05, 4.69) is 63.4 Å². The van der Waals surface area contributed by atoms with E-state index in [4.69, 9.17) is 9.72 Å². The Kier molecular flexibility index (Phi) is 5.33. The molecule has 1 atom stereocenters. The molecule has 1 saturated heterocycles. The number of benzene rings is 2. The maximum atomic E-state index is 12.9. The van der Waals surface area contributed by atoms with Crippen LogP contribution in [0, 0.1) is 12.8 Å². The van der Waals surface area contributed by atoms with Crippen molar-refractivity contribution in [1.82, 2.24) is 29.4 Å². The minimum absolute atomic E-state index is 0.0695. The molecule has 0 aliphatic carbocycles. The van der Waals surface area contributed by atoms with E-state index in [0.29, 0.717) is 12.5 Å². The van der Waals surface area contributed by atoms with Gasteiger partial charge in [0.15, 0.2) is 0 Å². The summed E-state index contributed by atoms with van der Waals surface area (Å²) in [6.07, 6.45) is 3.89. The average molecular weight is 507 g/mol. The van der Waals surface area contributed by atoms with Gasteiger partial charge in [0, 0.05) is 56.6 Å². The van der Waals surface area contributed by atoms with Crippen LogP contribution in [0.4, 0.5) is 0 Å². The molecule has 3 aromatic heterocycles. The summed E-state index contributed by atoms with van der Waals surface area (Å²) < 4.78 is 10.1. The van der Waals surface area contributed by atoms with Gasteiger partial charge in [0.05, 0.1) is 34.0 Å². The van der Waals surface area contributed by atoms with Gasteiger partial charge in [-0.15, -0.1) is 5.10 Å². The number of ether oxygens (including phenoxy) is 1. The number of carbonyl (C=O) groups excluding carboxylic acids is 1. The Morgan fingerprint density at radius 1 is 1.03 bits per heavy atom. The monoisotopic (exact) mass is 506 g/mol. The van der Waals surface area contributed by atoms with Crippen LogP contribution in [0.5, 0.6) is 0 Å². The summed E-state index contributed by atoms with van der Waals surface area (Å²) in [6.45, 7) is 4.13. The van der Waals surface area contributed by atoms with E-state index in [-0.39, 0.29) is 11.9 Å². The molecule has 0 radical (unpaired) electrons. The summed E-state index contributed by atoms with van der Waals surface area (Å²) in [5, 5.41) is 9.52. The van der Waals surface area contributed by atoms with E-state index in [0.717, 1.165) is 76.1 Å². The lowest BCUT2D eigenvalue weighted by molar-refractivity contribution is 0.0553. The van der Waals surface area contributed by atoms with Crippen molar-refractivity contribution in [2.45, 2.75) is 32.4 Å². The number of hydrogen-bond donors (Lipinski definition) is 0. The zero-order valence-electron chi connectivity index (χ0n) is 21.9. The van der Waals surface area contributed by atoms with Gasteiger partial charge >= 0.3 is 0 Å². The third kappa shape index (κ3) is 3.47. The van der Waals surface area contributed by atoms with Crippen LogP contribution in [0.25, 0.3) is 33.2 Å². The molecule has 0 unspecified atom stereocenters. The molecule has 2 aliphatic heterocycles. The number of nitrogens with zero attached hydrogens (tertiary/aromatic N) is 6. The van der Waals surface area contributed by atoms with Crippen LogP contribution in [0.15, 0.2) is 54.7 Å². The third-order valence-corrected chi connectivity index (χ3v) is 8.25. The molecule has 8 heteroatoms. The first kappa shape index (κ1) is 23.1. The van der Waals surface area contributed by atoms with Gasteiger partial charge in [-0.25, -0.2) is 4.68 Å². The van der Waals surface area contributed by atoms with Gasteiger partial charge in [-0.1, -0.05) is 35.5 Å². The summed E-state index contributed by atoms with van der Waals surface area (Å²) in [6, 6.07) is 17.4. The molecule has 2 aliphatic rings. The zero-order chi connectivity index (χ0) is 26.0. The maximum absolute atomic E-state index is 12.9. The quantitative estimate of drug-likeness (QED) is 0.347. The van der Waals surface area contributed by atoms with Crippen molar-refractivity contribution in [2.24, 2.45) is 13.0 Å². The molecule has 8 nitrogen and oxygen atoms in total. The Balaban J connectivity index is 1.56. The Bertz CT molecular complexity index is 1680. The molecule has 5 aromatic rings. The minimum Gasteiger partial charge on any atom is -0.381 e. The Hall–Kier alpha value is -4.04. The highest BCUT2D eigenvalue weighted by Crippen LogP contribution is 2.42. The normalized spacial score (nSPS) is 17.0. The van der Waals surface area contributed by atoms with Crippen LogP contribution < -0.4 is 0 Å². The molecule has 5 heterocycles. The molecule has 38 heavy (non-hydrogen) atoms. The van der Waals surface area contributed by atoms with Crippen LogP contribution in [-0.2, 0) is 18.3 Å².